The van der Waals surface area contributed by atoms with Crippen LogP contribution in [0.5, 0.6) is 0 Å². The van der Waals surface area contributed by atoms with Gasteiger partial charge < -0.3 is 5.32 Å². The van der Waals surface area contributed by atoms with Crippen LogP contribution in [-0.2, 0) is 5.41 Å². The number of nitrogens with zero attached hydrogens (tertiary/aromatic N) is 1. The lowest BCUT2D eigenvalue weighted by molar-refractivity contribution is -0.385. The number of aryl methyl sites for hydroxylation is 1. The van der Waals surface area contributed by atoms with Gasteiger partial charge in [-0.2, -0.15) is 0 Å². The smallest absolute Gasteiger partial charge is 0.274 e. The fraction of sp³-hybridized carbons (Fsp3) is 0.333. The van der Waals surface area contributed by atoms with Gasteiger partial charge in [-0.05, 0) is 24.4 Å². The molecule has 1 aromatic carbocycles. The molecule has 0 saturated carbocycles. The Morgan fingerprint density at radius 2 is 2.10 bits per heavy atom. The molecule has 106 valence electrons. The summed E-state index contributed by atoms with van der Waals surface area (Å²) in [6.45, 7) is 6.80. The van der Waals surface area contributed by atoms with Crippen molar-refractivity contribution < 1.29 is 4.92 Å². The van der Waals surface area contributed by atoms with Crippen molar-refractivity contribution in [1.29, 1.82) is 0 Å². The van der Waals surface area contributed by atoms with Gasteiger partial charge in [0.25, 0.3) is 5.69 Å². The maximum atomic E-state index is 10.9. The second-order valence-electron chi connectivity index (χ2n) is 5.47. The Morgan fingerprint density at radius 1 is 1.35 bits per heavy atom. The molecule has 1 N–H and O–H groups in total. The van der Waals surface area contributed by atoms with Gasteiger partial charge >= 0.3 is 0 Å². The fourth-order valence-electron chi connectivity index (χ4n) is 1.99. The van der Waals surface area contributed by atoms with E-state index in [1.807, 2.05) is 12.1 Å². The Kier molecular flexibility index (Phi) is 4.09. The summed E-state index contributed by atoms with van der Waals surface area (Å²) < 4.78 is 0. The molecule has 0 unspecified atom stereocenters. The minimum atomic E-state index is -0.342. The second-order valence-corrected chi connectivity index (χ2v) is 6.42. The highest BCUT2D eigenvalue weighted by molar-refractivity contribution is 7.10. The molecule has 4 nitrogen and oxygen atoms in total. The van der Waals surface area contributed by atoms with Gasteiger partial charge in [0.1, 0.15) is 0 Å². The molecule has 5 heteroatoms. The summed E-state index contributed by atoms with van der Waals surface area (Å²) in [4.78, 5) is 11.9. The molecule has 0 saturated heterocycles. The molecule has 0 bridgehead atoms. The van der Waals surface area contributed by atoms with Gasteiger partial charge in [-0.1, -0.05) is 26.0 Å². The maximum Gasteiger partial charge on any atom is 0.274 e. The first-order valence-electron chi connectivity index (χ1n) is 6.43. The van der Waals surface area contributed by atoms with Crippen molar-refractivity contribution in [3.05, 3.63) is 56.3 Å². The van der Waals surface area contributed by atoms with Gasteiger partial charge in [0.2, 0.25) is 0 Å². The molecule has 1 heterocycles. The zero-order chi connectivity index (χ0) is 14.8. The van der Waals surface area contributed by atoms with E-state index < -0.39 is 0 Å². The Hall–Kier alpha value is -1.88. The van der Waals surface area contributed by atoms with Crippen LogP contribution in [-0.4, -0.2) is 11.5 Å². The minimum Gasteiger partial charge on any atom is -0.384 e. The summed E-state index contributed by atoms with van der Waals surface area (Å²) >= 11 is 1.73. The number of hydrogen-bond donors (Lipinski definition) is 1. The Bertz CT molecular complexity index is 606. The molecule has 0 amide bonds. The summed E-state index contributed by atoms with van der Waals surface area (Å²) in [5.74, 6) is 0. The van der Waals surface area contributed by atoms with Crippen LogP contribution in [0.15, 0.2) is 35.7 Å². The van der Waals surface area contributed by atoms with Gasteiger partial charge in [0.05, 0.1) is 4.92 Å². The number of rotatable bonds is 5. The molecular formula is C15H18N2O2S. The summed E-state index contributed by atoms with van der Waals surface area (Å²) in [6, 6.07) is 9.41. The Balaban J connectivity index is 2.11. The summed E-state index contributed by atoms with van der Waals surface area (Å²) in [5.41, 5.74) is 1.61. The molecule has 0 aliphatic carbocycles. The molecule has 20 heavy (non-hydrogen) atoms. The van der Waals surface area contributed by atoms with Gasteiger partial charge in [-0.3, -0.25) is 10.1 Å². The van der Waals surface area contributed by atoms with Crippen LogP contribution in [0.3, 0.4) is 0 Å². The van der Waals surface area contributed by atoms with E-state index in [0.29, 0.717) is 5.56 Å². The topological polar surface area (TPSA) is 55.2 Å². The molecule has 0 radical (unpaired) electrons. The first-order chi connectivity index (χ1) is 9.40. The summed E-state index contributed by atoms with van der Waals surface area (Å²) in [6.07, 6.45) is 0. The van der Waals surface area contributed by atoms with Crippen LogP contribution in [0.2, 0.25) is 0 Å². The first-order valence-corrected chi connectivity index (χ1v) is 7.31. The van der Waals surface area contributed by atoms with Gasteiger partial charge in [0.15, 0.2) is 0 Å². The van der Waals surface area contributed by atoms with Crippen molar-refractivity contribution in [3.8, 4) is 0 Å². The van der Waals surface area contributed by atoms with Gasteiger partial charge in [-0.15, -0.1) is 11.3 Å². The molecule has 0 aliphatic rings. The third-order valence-electron chi connectivity index (χ3n) is 3.33. The SMILES string of the molecule is Cc1ccc(NCC(C)(C)c2cccs2)cc1[N+](=O)[O-]. The monoisotopic (exact) mass is 290 g/mol. The van der Waals surface area contributed by atoms with E-state index >= 15 is 0 Å². The van der Waals surface area contributed by atoms with Crippen LogP contribution in [0.25, 0.3) is 0 Å². The molecule has 2 aromatic rings. The highest BCUT2D eigenvalue weighted by Crippen LogP contribution is 2.29. The lowest BCUT2D eigenvalue weighted by atomic mass is 9.91. The molecule has 0 fully saturated rings. The zero-order valence-corrected chi connectivity index (χ0v) is 12.7. The van der Waals surface area contributed by atoms with Crippen molar-refractivity contribution in [2.24, 2.45) is 0 Å². The van der Waals surface area contributed by atoms with Crippen molar-refractivity contribution in [2.45, 2.75) is 26.2 Å². The average molecular weight is 290 g/mol. The Labute approximate surface area is 122 Å². The molecule has 2 rings (SSSR count). The Morgan fingerprint density at radius 3 is 2.70 bits per heavy atom. The molecule has 1 aromatic heterocycles. The first kappa shape index (κ1) is 14.5. The van der Waals surface area contributed by atoms with E-state index in [1.54, 1.807) is 30.4 Å². The van der Waals surface area contributed by atoms with Gasteiger partial charge in [0, 0.05) is 34.2 Å². The highest BCUT2D eigenvalue weighted by Gasteiger charge is 2.21. The van der Waals surface area contributed by atoms with Crippen LogP contribution < -0.4 is 5.32 Å². The minimum absolute atomic E-state index is 0.00612. The van der Waals surface area contributed by atoms with Crippen LogP contribution in [0, 0.1) is 17.0 Å². The molecular weight excluding hydrogens is 272 g/mol. The predicted octanol–water partition coefficient (Wildman–Crippen LogP) is 4.35. The molecule has 0 spiro atoms. The third-order valence-corrected chi connectivity index (χ3v) is 4.56. The number of nitro benzene ring substituents is 1. The average Bonchev–Trinajstić information content (AvgIpc) is 2.92. The van der Waals surface area contributed by atoms with Crippen molar-refractivity contribution in [2.75, 3.05) is 11.9 Å². The van der Waals surface area contributed by atoms with Crippen molar-refractivity contribution in [3.63, 3.8) is 0 Å². The van der Waals surface area contributed by atoms with Crippen LogP contribution in [0.1, 0.15) is 24.3 Å². The summed E-state index contributed by atoms with van der Waals surface area (Å²) in [7, 11) is 0. The number of thiophene rings is 1. The van der Waals surface area contributed by atoms with E-state index in [0.717, 1.165) is 12.2 Å². The van der Waals surface area contributed by atoms with E-state index in [4.69, 9.17) is 0 Å². The number of benzene rings is 1. The molecule has 0 aliphatic heterocycles. The zero-order valence-electron chi connectivity index (χ0n) is 11.8. The van der Waals surface area contributed by atoms with Crippen LogP contribution >= 0.6 is 11.3 Å². The lowest BCUT2D eigenvalue weighted by Gasteiger charge is -2.24. The van der Waals surface area contributed by atoms with E-state index in [2.05, 4.69) is 30.6 Å². The largest absolute Gasteiger partial charge is 0.384 e. The highest BCUT2D eigenvalue weighted by atomic mass is 32.1. The van der Waals surface area contributed by atoms with Crippen molar-refractivity contribution >= 4 is 22.7 Å². The van der Waals surface area contributed by atoms with E-state index in [1.165, 1.54) is 4.88 Å². The quantitative estimate of drug-likeness (QED) is 0.657. The number of hydrogen-bond acceptors (Lipinski definition) is 4. The standard InChI is InChI=1S/C15H18N2O2S/c1-11-6-7-12(9-13(11)17(18)19)16-10-15(2,3)14-5-4-8-20-14/h4-9,16H,10H2,1-3H3. The van der Waals surface area contributed by atoms with Crippen molar-refractivity contribution in [1.82, 2.24) is 0 Å². The van der Waals surface area contributed by atoms with E-state index in [9.17, 15) is 10.1 Å². The maximum absolute atomic E-state index is 10.9. The second kappa shape index (κ2) is 5.63. The third kappa shape index (κ3) is 3.17. The number of nitro groups is 1. The summed E-state index contributed by atoms with van der Waals surface area (Å²) in [5, 5.41) is 16.3. The predicted molar refractivity (Wildman–Crippen MR) is 83.7 cm³/mol. The molecule has 0 atom stereocenters. The fourth-order valence-corrected chi connectivity index (χ4v) is 2.84. The number of anilines is 1. The lowest BCUT2D eigenvalue weighted by Crippen LogP contribution is -2.26. The number of nitrogens with one attached hydrogen (secondary N) is 1. The normalized spacial score (nSPS) is 11.3. The van der Waals surface area contributed by atoms with Gasteiger partial charge in [-0.25, -0.2) is 0 Å². The van der Waals surface area contributed by atoms with E-state index in [-0.39, 0.29) is 16.0 Å². The van der Waals surface area contributed by atoms with Crippen LogP contribution in [0.4, 0.5) is 11.4 Å².